The van der Waals surface area contributed by atoms with E-state index < -0.39 is 23.7 Å². The Bertz CT molecular complexity index is 650. The highest BCUT2D eigenvalue weighted by molar-refractivity contribution is 6.32. The van der Waals surface area contributed by atoms with Crippen LogP contribution in [0.15, 0.2) is 0 Å². The Labute approximate surface area is 138 Å². The first-order valence-corrected chi connectivity index (χ1v) is 7.46. The summed E-state index contributed by atoms with van der Waals surface area (Å²) < 4.78 is 6.58. The summed E-state index contributed by atoms with van der Waals surface area (Å²) in [7, 11) is 0. The third-order valence-corrected chi connectivity index (χ3v) is 3.65. The molecular formula is C14H18ClN3O5. The molecule has 0 bridgehead atoms. The fourth-order valence-corrected chi connectivity index (χ4v) is 2.77. The fourth-order valence-electron chi connectivity index (χ4n) is 2.51. The predicted molar refractivity (Wildman–Crippen MR) is 81.0 cm³/mol. The highest BCUT2D eigenvalue weighted by Crippen LogP contribution is 2.29. The topological polar surface area (TPSA) is 102 Å². The number of aromatic nitrogens is 2. The molecule has 0 spiro atoms. The standard InChI is InChI=1S/C14H18ClN3O5/c1-14(2,3)23-13(22)17-5-4-8(6-17)18-9(7-19)16-11(15)10(18)12(20)21/h7-8H,4-6H2,1-3H3,(H,20,21). The van der Waals surface area contributed by atoms with Crippen LogP contribution in [0.25, 0.3) is 0 Å². The highest BCUT2D eigenvalue weighted by atomic mass is 35.5. The molecule has 0 aromatic carbocycles. The zero-order valence-electron chi connectivity index (χ0n) is 13.1. The number of amides is 1. The van der Waals surface area contributed by atoms with Gasteiger partial charge in [-0.2, -0.15) is 0 Å². The number of nitrogens with zero attached hydrogens (tertiary/aromatic N) is 3. The predicted octanol–water partition coefficient (Wildman–Crippen LogP) is 2.23. The largest absolute Gasteiger partial charge is 0.476 e. The second-order valence-corrected chi connectivity index (χ2v) is 6.63. The molecule has 1 aliphatic heterocycles. The number of carbonyl (C=O) groups is 3. The number of likely N-dealkylation sites (tertiary alicyclic amines) is 1. The van der Waals surface area contributed by atoms with E-state index in [4.69, 9.17) is 16.3 Å². The average molecular weight is 344 g/mol. The monoisotopic (exact) mass is 343 g/mol. The van der Waals surface area contributed by atoms with Crippen molar-refractivity contribution in [1.29, 1.82) is 0 Å². The fraction of sp³-hybridized carbons (Fsp3) is 0.571. The van der Waals surface area contributed by atoms with E-state index in [1.807, 2.05) is 0 Å². The summed E-state index contributed by atoms with van der Waals surface area (Å²) in [6.45, 7) is 5.92. The Morgan fingerprint density at radius 2 is 2.09 bits per heavy atom. The molecule has 1 unspecified atom stereocenters. The Morgan fingerprint density at radius 3 is 2.61 bits per heavy atom. The third-order valence-electron chi connectivity index (χ3n) is 3.38. The number of hydrogen-bond acceptors (Lipinski definition) is 5. The number of carbonyl (C=O) groups excluding carboxylic acids is 2. The van der Waals surface area contributed by atoms with Gasteiger partial charge in [0.05, 0.1) is 6.04 Å². The summed E-state index contributed by atoms with van der Waals surface area (Å²) in [6.07, 6.45) is 0.456. The number of imidazole rings is 1. The summed E-state index contributed by atoms with van der Waals surface area (Å²) in [6, 6.07) is -0.395. The van der Waals surface area contributed by atoms with E-state index in [-0.39, 0.29) is 23.2 Å². The molecule has 1 atom stereocenters. The van der Waals surface area contributed by atoms with Crippen molar-refractivity contribution in [3.63, 3.8) is 0 Å². The van der Waals surface area contributed by atoms with Crippen LogP contribution in [-0.4, -0.2) is 56.6 Å². The van der Waals surface area contributed by atoms with Gasteiger partial charge in [-0.1, -0.05) is 11.6 Å². The van der Waals surface area contributed by atoms with Crippen LogP contribution in [0, 0.1) is 0 Å². The maximum absolute atomic E-state index is 12.1. The second kappa shape index (κ2) is 6.19. The van der Waals surface area contributed by atoms with Gasteiger partial charge in [-0.15, -0.1) is 0 Å². The molecule has 1 saturated heterocycles. The van der Waals surface area contributed by atoms with Gasteiger partial charge in [0.15, 0.2) is 23.0 Å². The minimum absolute atomic E-state index is 0.0663. The lowest BCUT2D eigenvalue weighted by Crippen LogP contribution is -2.35. The molecule has 8 nitrogen and oxygen atoms in total. The molecule has 9 heteroatoms. The molecule has 2 rings (SSSR count). The van der Waals surface area contributed by atoms with Gasteiger partial charge in [-0.05, 0) is 27.2 Å². The first-order valence-electron chi connectivity index (χ1n) is 7.08. The van der Waals surface area contributed by atoms with Crippen molar-refractivity contribution >= 4 is 29.9 Å². The summed E-state index contributed by atoms with van der Waals surface area (Å²) in [4.78, 5) is 39.8. The third kappa shape index (κ3) is 3.64. The molecule has 1 N–H and O–H groups in total. The molecule has 1 aromatic heterocycles. The van der Waals surface area contributed by atoms with Crippen LogP contribution in [0.4, 0.5) is 4.79 Å². The van der Waals surface area contributed by atoms with Crippen molar-refractivity contribution in [1.82, 2.24) is 14.5 Å². The van der Waals surface area contributed by atoms with E-state index in [0.717, 1.165) is 0 Å². The summed E-state index contributed by atoms with van der Waals surface area (Å²) >= 11 is 5.81. The van der Waals surface area contributed by atoms with Crippen LogP contribution in [0.2, 0.25) is 5.15 Å². The molecule has 2 heterocycles. The van der Waals surface area contributed by atoms with Gasteiger partial charge >= 0.3 is 12.1 Å². The Kier molecular flexibility index (Phi) is 4.65. The molecule has 0 aliphatic carbocycles. The quantitative estimate of drug-likeness (QED) is 0.844. The molecular weight excluding hydrogens is 326 g/mol. The smallest absolute Gasteiger partial charge is 0.410 e. The summed E-state index contributed by atoms with van der Waals surface area (Å²) in [5.74, 6) is -1.34. The van der Waals surface area contributed by atoms with Gasteiger partial charge < -0.3 is 19.3 Å². The lowest BCUT2D eigenvalue weighted by Gasteiger charge is -2.24. The van der Waals surface area contributed by atoms with Crippen LogP contribution >= 0.6 is 11.6 Å². The van der Waals surface area contributed by atoms with Crippen LogP contribution in [-0.2, 0) is 4.74 Å². The van der Waals surface area contributed by atoms with Crippen molar-refractivity contribution < 1.29 is 24.2 Å². The number of carboxylic acid groups (broad SMARTS) is 1. The summed E-state index contributed by atoms with van der Waals surface area (Å²) in [5, 5.41) is 9.04. The molecule has 0 radical (unpaired) electrons. The molecule has 1 aliphatic rings. The number of hydrogen-bond donors (Lipinski definition) is 1. The van der Waals surface area contributed by atoms with E-state index in [0.29, 0.717) is 19.3 Å². The average Bonchev–Trinajstić information content (AvgIpc) is 2.99. The van der Waals surface area contributed by atoms with Gasteiger partial charge in [0.25, 0.3) is 0 Å². The van der Waals surface area contributed by atoms with E-state index >= 15 is 0 Å². The van der Waals surface area contributed by atoms with Crippen molar-refractivity contribution in [2.24, 2.45) is 0 Å². The Morgan fingerprint density at radius 1 is 1.43 bits per heavy atom. The minimum Gasteiger partial charge on any atom is -0.476 e. The zero-order chi connectivity index (χ0) is 17.4. The van der Waals surface area contributed by atoms with Crippen molar-refractivity contribution in [2.45, 2.75) is 38.8 Å². The van der Waals surface area contributed by atoms with E-state index in [1.165, 1.54) is 9.47 Å². The zero-order valence-corrected chi connectivity index (χ0v) is 13.8. The minimum atomic E-state index is -1.27. The van der Waals surface area contributed by atoms with E-state index in [2.05, 4.69) is 4.98 Å². The SMILES string of the molecule is CC(C)(C)OC(=O)N1CCC(n2c(C=O)nc(Cl)c2C(=O)O)C1. The van der Waals surface area contributed by atoms with Gasteiger partial charge in [-0.25, -0.2) is 14.6 Å². The molecule has 126 valence electrons. The second-order valence-electron chi connectivity index (χ2n) is 6.27. The number of ether oxygens (including phenoxy) is 1. The number of carboxylic acids is 1. The van der Waals surface area contributed by atoms with Crippen LogP contribution in [0.5, 0.6) is 0 Å². The van der Waals surface area contributed by atoms with E-state index in [1.54, 1.807) is 20.8 Å². The van der Waals surface area contributed by atoms with Gasteiger partial charge in [0, 0.05) is 13.1 Å². The number of aldehydes is 1. The Hall–Kier alpha value is -2.09. The first kappa shape index (κ1) is 17.3. The van der Waals surface area contributed by atoms with Crippen molar-refractivity contribution in [3.8, 4) is 0 Å². The van der Waals surface area contributed by atoms with Crippen LogP contribution in [0.3, 0.4) is 0 Å². The Balaban J connectivity index is 2.24. The molecule has 23 heavy (non-hydrogen) atoms. The molecule has 0 saturated carbocycles. The number of aromatic carboxylic acids is 1. The number of halogens is 1. The van der Waals surface area contributed by atoms with Gasteiger partial charge in [0.2, 0.25) is 0 Å². The molecule has 1 amide bonds. The van der Waals surface area contributed by atoms with Crippen LogP contribution in [0.1, 0.15) is 54.3 Å². The first-order chi connectivity index (χ1) is 10.6. The lowest BCUT2D eigenvalue weighted by molar-refractivity contribution is 0.0289. The van der Waals surface area contributed by atoms with E-state index in [9.17, 15) is 19.5 Å². The normalized spacial score (nSPS) is 18.1. The lowest BCUT2D eigenvalue weighted by atomic mass is 10.2. The van der Waals surface area contributed by atoms with Crippen molar-refractivity contribution in [3.05, 3.63) is 16.7 Å². The van der Waals surface area contributed by atoms with Crippen molar-refractivity contribution in [2.75, 3.05) is 13.1 Å². The van der Waals surface area contributed by atoms with Gasteiger partial charge in [-0.3, -0.25) is 4.79 Å². The highest BCUT2D eigenvalue weighted by Gasteiger charge is 2.34. The maximum Gasteiger partial charge on any atom is 0.410 e. The summed E-state index contributed by atoms with van der Waals surface area (Å²) in [5.41, 5.74) is -0.863. The number of rotatable bonds is 3. The van der Waals surface area contributed by atoms with Crippen LogP contribution < -0.4 is 0 Å². The maximum atomic E-state index is 12.1. The van der Waals surface area contributed by atoms with Gasteiger partial charge in [0.1, 0.15) is 5.60 Å². The molecule has 1 aromatic rings. The molecule has 1 fully saturated rings.